The molecule has 4 nitrogen and oxygen atoms in total. The zero-order valence-electron chi connectivity index (χ0n) is 32.0. The highest BCUT2D eigenvalue weighted by atomic mass is 31.2. The molecule has 0 aliphatic rings. The van der Waals surface area contributed by atoms with E-state index >= 15 is 0 Å². The van der Waals surface area contributed by atoms with Crippen molar-refractivity contribution in [1.29, 1.82) is 0 Å². The second-order valence-electron chi connectivity index (χ2n) is 14.3. The van der Waals surface area contributed by atoms with E-state index in [0.29, 0.717) is 17.2 Å². The van der Waals surface area contributed by atoms with Crippen LogP contribution in [0.25, 0.3) is 0 Å². The first-order valence-corrected chi connectivity index (χ1v) is 21.9. The van der Waals surface area contributed by atoms with Crippen LogP contribution in [-0.2, 0) is 23.8 Å². The average molecular weight is 705 g/mol. The van der Waals surface area contributed by atoms with E-state index in [1.807, 2.05) is 42.5 Å². The normalized spacial score (nSPS) is 11.5. The maximum absolute atomic E-state index is 14.4. The Morgan fingerprint density at radius 1 is 0.380 bits per heavy atom. The third kappa shape index (κ3) is 18.5. The summed E-state index contributed by atoms with van der Waals surface area (Å²) in [4.78, 5) is 0. The molecule has 0 N–H and O–H groups in total. The lowest BCUT2D eigenvalue weighted by Crippen LogP contribution is -2.08. The molecule has 0 bridgehead atoms. The van der Waals surface area contributed by atoms with Crippen molar-refractivity contribution in [1.82, 2.24) is 0 Å². The molecule has 0 unspecified atom stereocenters. The van der Waals surface area contributed by atoms with Crippen LogP contribution in [0.2, 0.25) is 0 Å². The second kappa shape index (κ2) is 26.1. The molecular formula is C45H69O4P. The molecule has 0 heterocycles. The minimum absolute atomic E-state index is 0.478. The smallest absolute Gasteiger partial charge is 0.386 e. The van der Waals surface area contributed by atoms with Crippen LogP contribution in [0.15, 0.2) is 72.8 Å². The molecule has 0 spiro atoms. The summed E-state index contributed by atoms with van der Waals surface area (Å²) in [5, 5.41) is 0. The van der Waals surface area contributed by atoms with Gasteiger partial charge in [0.05, 0.1) is 0 Å². The number of phosphoric ester groups is 1. The van der Waals surface area contributed by atoms with Crippen molar-refractivity contribution in [2.24, 2.45) is 0 Å². The third-order valence-corrected chi connectivity index (χ3v) is 10.9. The fourth-order valence-corrected chi connectivity index (χ4v) is 7.74. The van der Waals surface area contributed by atoms with Crippen LogP contribution in [0.5, 0.6) is 17.2 Å². The minimum atomic E-state index is -4.06. The number of aryl methyl sites for hydroxylation is 3. The van der Waals surface area contributed by atoms with Gasteiger partial charge in [0, 0.05) is 0 Å². The molecule has 0 amide bonds. The van der Waals surface area contributed by atoms with Gasteiger partial charge in [-0.15, -0.1) is 0 Å². The van der Waals surface area contributed by atoms with Crippen molar-refractivity contribution in [3.05, 3.63) is 89.5 Å². The molecule has 0 radical (unpaired) electrons. The van der Waals surface area contributed by atoms with Crippen LogP contribution in [0.1, 0.15) is 172 Å². The van der Waals surface area contributed by atoms with Crippen LogP contribution >= 0.6 is 7.82 Å². The summed E-state index contributed by atoms with van der Waals surface area (Å²) in [5.74, 6) is 1.46. The van der Waals surface area contributed by atoms with E-state index in [9.17, 15) is 4.57 Å². The summed E-state index contributed by atoms with van der Waals surface area (Å²) in [6, 6.07) is 23.7. The van der Waals surface area contributed by atoms with Gasteiger partial charge in [-0.2, -0.15) is 4.57 Å². The summed E-state index contributed by atoms with van der Waals surface area (Å²) in [7, 11) is -4.06. The van der Waals surface area contributed by atoms with Gasteiger partial charge in [0.2, 0.25) is 0 Å². The third-order valence-electron chi connectivity index (χ3n) is 9.60. The molecule has 0 aromatic heterocycles. The fraction of sp³-hybridized carbons (Fsp3) is 0.600. The maximum atomic E-state index is 14.4. The van der Waals surface area contributed by atoms with Crippen LogP contribution < -0.4 is 13.6 Å². The molecular weight excluding hydrogens is 635 g/mol. The molecule has 0 aliphatic carbocycles. The van der Waals surface area contributed by atoms with Crippen molar-refractivity contribution < 1.29 is 18.1 Å². The molecule has 0 fully saturated rings. The lowest BCUT2D eigenvalue weighted by molar-refractivity contribution is 0.298. The number of benzene rings is 3. The maximum Gasteiger partial charge on any atom is 0.647 e. The van der Waals surface area contributed by atoms with E-state index in [1.165, 1.54) is 145 Å². The van der Waals surface area contributed by atoms with E-state index in [2.05, 4.69) is 51.1 Å². The van der Waals surface area contributed by atoms with Gasteiger partial charge in [-0.3, -0.25) is 0 Å². The quantitative estimate of drug-likeness (QED) is 0.0512. The van der Waals surface area contributed by atoms with Gasteiger partial charge in [-0.05, 0) is 91.6 Å². The molecule has 0 saturated carbocycles. The zero-order valence-corrected chi connectivity index (χ0v) is 32.9. The highest BCUT2D eigenvalue weighted by Crippen LogP contribution is 2.50. The predicted octanol–water partition coefficient (Wildman–Crippen LogP) is 15.2. The predicted molar refractivity (Wildman–Crippen MR) is 214 cm³/mol. The lowest BCUT2D eigenvalue weighted by Gasteiger charge is -2.20. The van der Waals surface area contributed by atoms with Crippen LogP contribution in [-0.4, -0.2) is 0 Å². The van der Waals surface area contributed by atoms with E-state index in [1.54, 1.807) is 0 Å². The van der Waals surface area contributed by atoms with Gasteiger partial charge in [-0.1, -0.05) is 173 Å². The topological polar surface area (TPSA) is 44.8 Å². The highest BCUT2D eigenvalue weighted by molar-refractivity contribution is 7.49. The highest BCUT2D eigenvalue weighted by Gasteiger charge is 2.33. The Labute approximate surface area is 306 Å². The van der Waals surface area contributed by atoms with Gasteiger partial charge >= 0.3 is 7.82 Å². The van der Waals surface area contributed by atoms with Gasteiger partial charge in [-0.25, -0.2) is 0 Å². The summed E-state index contributed by atoms with van der Waals surface area (Å²) in [6.45, 7) is 6.78. The van der Waals surface area contributed by atoms with Gasteiger partial charge in [0.1, 0.15) is 17.2 Å². The summed E-state index contributed by atoms with van der Waals surface area (Å²) in [5.41, 5.74) is 3.70. The monoisotopic (exact) mass is 704 g/mol. The van der Waals surface area contributed by atoms with Gasteiger partial charge < -0.3 is 13.6 Å². The first-order valence-electron chi connectivity index (χ1n) is 20.5. The zero-order chi connectivity index (χ0) is 35.5. The first kappa shape index (κ1) is 41.7. The van der Waals surface area contributed by atoms with Gasteiger partial charge in [0.25, 0.3) is 0 Å². The first-order chi connectivity index (χ1) is 24.5. The van der Waals surface area contributed by atoms with Crippen LogP contribution in [0.3, 0.4) is 0 Å². The molecule has 278 valence electrons. The van der Waals surface area contributed by atoms with E-state index in [4.69, 9.17) is 13.6 Å². The second-order valence-corrected chi connectivity index (χ2v) is 15.7. The number of phosphoric acid groups is 1. The summed E-state index contributed by atoms with van der Waals surface area (Å²) >= 11 is 0. The minimum Gasteiger partial charge on any atom is -0.386 e. The summed E-state index contributed by atoms with van der Waals surface area (Å²) in [6.07, 6.45) is 30.0. The molecule has 3 aromatic rings. The standard InChI is InChI=1S/C45H69O4P/c1-4-7-10-13-16-19-22-26-40-31-35-43(36-32-40)47-50(46,48-44-37-33-41(34-38-44)27-23-20-17-14-11-8-5-2)49-45-30-25-29-42(39-45)28-24-21-18-15-12-9-6-3/h25,29-39H,4-24,26-28H2,1-3H3. The van der Waals surface area contributed by atoms with Crippen molar-refractivity contribution in [2.45, 2.75) is 175 Å². The molecule has 50 heavy (non-hydrogen) atoms. The largest absolute Gasteiger partial charge is 0.647 e. The van der Waals surface area contributed by atoms with Crippen LogP contribution in [0, 0.1) is 0 Å². The van der Waals surface area contributed by atoms with E-state index < -0.39 is 7.82 Å². The molecule has 0 saturated heterocycles. The average Bonchev–Trinajstić information content (AvgIpc) is 3.12. The Kier molecular flexibility index (Phi) is 21.8. The Balaban J connectivity index is 1.61. The van der Waals surface area contributed by atoms with Crippen LogP contribution in [0.4, 0.5) is 0 Å². The molecule has 0 atom stereocenters. The van der Waals surface area contributed by atoms with Crippen molar-refractivity contribution in [3.8, 4) is 17.2 Å². The number of hydrogen-bond acceptors (Lipinski definition) is 4. The summed E-state index contributed by atoms with van der Waals surface area (Å²) < 4.78 is 32.7. The van der Waals surface area contributed by atoms with Crippen molar-refractivity contribution >= 4 is 7.82 Å². The number of rotatable bonds is 30. The lowest BCUT2D eigenvalue weighted by atomic mass is 10.0. The number of hydrogen-bond donors (Lipinski definition) is 0. The van der Waals surface area contributed by atoms with Gasteiger partial charge in [0.15, 0.2) is 0 Å². The van der Waals surface area contributed by atoms with E-state index in [-0.39, 0.29) is 0 Å². The SMILES string of the molecule is CCCCCCCCCc1ccc(OP(=O)(Oc2ccc(CCCCCCCCC)cc2)Oc2cccc(CCCCCCCCC)c2)cc1. The Morgan fingerprint density at radius 3 is 1.12 bits per heavy atom. The van der Waals surface area contributed by atoms with Crippen molar-refractivity contribution in [2.75, 3.05) is 0 Å². The molecule has 3 aromatic carbocycles. The Bertz CT molecular complexity index is 1240. The molecule has 5 heteroatoms. The van der Waals surface area contributed by atoms with E-state index in [0.717, 1.165) is 25.7 Å². The molecule has 0 aliphatic heterocycles. The molecule has 3 rings (SSSR count). The Hall–Kier alpha value is -2.71. The Morgan fingerprint density at radius 2 is 0.720 bits per heavy atom. The number of unbranched alkanes of at least 4 members (excludes halogenated alkanes) is 18. The van der Waals surface area contributed by atoms with Crippen molar-refractivity contribution in [3.63, 3.8) is 0 Å². The fourth-order valence-electron chi connectivity index (χ4n) is 6.49.